The van der Waals surface area contributed by atoms with Crippen molar-refractivity contribution in [1.82, 2.24) is 0 Å². The molecule has 2 rings (SSSR count). The largest absolute Gasteiger partial charge is 0.456 e. The molecule has 4 nitrogen and oxygen atoms in total. The van der Waals surface area contributed by atoms with E-state index >= 15 is 0 Å². The van der Waals surface area contributed by atoms with Crippen LogP contribution >= 0.6 is 15.9 Å². The summed E-state index contributed by atoms with van der Waals surface area (Å²) in [6, 6.07) is 3.35. The molecule has 0 bridgehead atoms. The minimum absolute atomic E-state index is 0.0278. The molecule has 1 aromatic rings. The van der Waals surface area contributed by atoms with Gasteiger partial charge in [0.1, 0.15) is 6.10 Å². The summed E-state index contributed by atoms with van der Waals surface area (Å²) in [4.78, 5) is 13.4. The second-order valence-corrected chi connectivity index (χ2v) is 6.28. The fourth-order valence-electron chi connectivity index (χ4n) is 2.71. The van der Waals surface area contributed by atoms with E-state index in [1.165, 1.54) is 11.3 Å². The minimum Gasteiger partial charge on any atom is -0.456 e. The van der Waals surface area contributed by atoms with Gasteiger partial charge < -0.3 is 14.1 Å². The molecule has 0 aliphatic heterocycles. The van der Waals surface area contributed by atoms with Gasteiger partial charge in [0.05, 0.1) is 20.6 Å². The van der Waals surface area contributed by atoms with Crippen molar-refractivity contribution in [2.45, 2.75) is 31.8 Å². The SMILES string of the molecule is C[NH+](C)C[C@@H]1CCCC[C@H]1OC(=O)c1ccc(Br)o1. The maximum atomic E-state index is 12.0. The number of quaternary nitrogens is 1. The van der Waals surface area contributed by atoms with E-state index in [4.69, 9.17) is 9.15 Å². The van der Waals surface area contributed by atoms with Gasteiger partial charge >= 0.3 is 5.97 Å². The summed E-state index contributed by atoms with van der Waals surface area (Å²) in [7, 11) is 4.27. The highest BCUT2D eigenvalue weighted by Gasteiger charge is 2.31. The summed E-state index contributed by atoms with van der Waals surface area (Å²) in [5.41, 5.74) is 0. The number of furan rings is 1. The predicted octanol–water partition coefficient (Wildman–Crippen LogP) is 1.90. The quantitative estimate of drug-likeness (QED) is 0.857. The molecule has 0 unspecified atom stereocenters. The number of halogens is 1. The van der Waals surface area contributed by atoms with Crippen molar-refractivity contribution in [3.05, 3.63) is 22.6 Å². The van der Waals surface area contributed by atoms with Crippen molar-refractivity contribution >= 4 is 21.9 Å². The summed E-state index contributed by atoms with van der Waals surface area (Å²) in [6.45, 7) is 1.04. The molecule has 1 aromatic heterocycles. The first-order chi connectivity index (χ1) is 9.06. The fraction of sp³-hybridized carbons (Fsp3) is 0.643. The topological polar surface area (TPSA) is 43.9 Å². The smallest absolute Gasteiger partial charge is 0.374 e. The lowest BCUT2D eigenvalue weighted by atomic mass is 9.86. The van der Waals surface area contributed by atoms with Gasteiger partial charge in [-0.05, 0) is 47.3 Å². The first-order valence-electron chi connectivity index (χ1n) is 6.81. The van der Waals surface area contributed by atoms with E-state index in [2.05, 4.69) is 30.0 Å². The van der Waals surface area contributed by atoms with Crippen LogP contribution in [0.5, 0.6) is 0 Å². The molecular formula is C14H21BrNO3+. The number of rotatable bonds is 4. The third kappa shape index (κ3) is 4.08. The molecule has 0 amide bonds. The highest BCUT2D eigenvalue weighted by Crippen LogP contribution is 2.27. The van der Waals surface area contributed by atoms with Crippen LogP contribution in [0.1, 0.15) is 36.2 Å². The monoisotopic (exact) mass is 330 g/mol. The Morgan fingerprint density at radius 2 is 2.16 bits per heavy atom. The minimum atomic E-state index is -0.351. The van der Waals surface area contributed by atoms with Gasteiger partial charge in [-0.1, -0.05) is 6.42 Å². The van der Waals surface area contributed by atoms with Crippen LogP contribution in [-0.4, -0.2) is 32.7 Å². The van der Waals surface area contributed by atoms with Crippen LogP contribution in [0.25, 0.3) is 0 Å². The number of carbonyl (C=O) groups excluding carboxylic acids is 1. The van der Waals surface area contributed by atoms with Gasteiger partial charge in [0.25, 0.3) is 0 Å². The Bertz CT molecular complexity index is 430. The van der Waals surface area contributed by atoms with Crippen LogP contribution in [0.15, 0.2) is 21.2 Å². The van der Waals surface area contributed by atoms with E-state index in [1.54, 1.807) is 12.1 Å². The molecule has 0 spiro atoms. The highest BCUT2D eigenvalue weighted by molar-refractivity contribution is 9.10. The van der Waals surface area contributed by atoms with Crippen molar-refractivity contribution < 1.29 is 18.8 Å². The highest BCUT2D eigenvalue weighted by atomic mass is 79.9. The Kier molecular flexibility index (Phi) is 5.05. The summed E-state index contributed by atoms with van der Waals surface area (Å²) >= 11 is 3.19. The van der Waals surface area contributed by atoms with Crippen LogP contribution < -0.4 is 4.90 Å². The molecule has 0 saturated heterocycles. The van der Waals surface area contributed by atoms with Gasteiger partial charge in [-0.15, -0.1) is 0 Å². The lowest BCUT2D eigenvalue weighted by Crippen LogP contribution is -3.06. The lowest BCUT2D eigenvalue weighted by molar-refractivity contribution is -0.862. The Hall–Kier alpha value is -0.810. The Morgan fingerprint density at radius 1 is 1.42 bits per heavy atom. The number of esters is 1. The van der Waals surface area contributed by atoms with Crippen LogP contribution in [0.3, 0.4) is 0 Å². The zero-order chi connectivity index (χ0) is 13.8. The summed E-state index contributed by atoms with van der Waals surface area (Å²) < 4.78 is 11.4. The molecular weight excluding hydrogens is 310 g/mol. The van der Waals surface area contributed by atoms with Crippen LogP contribution in [-0.2, 0) is 4.74 Å². The molecule has 106 valence electrons. The summed E-state index contributed by atoms with van der Waals surface area (Å²) in [5, 5.41) is 0. The molecule has 1 N–H and O–H groups in total. The summed E-state index contributed by atoms with van der Waals surface area (Å²) in [6.07, 6.45) is 4.51. The molecule has 1 aliphatic carbocycles. The zero-order valence-corrected chi connectivity index (χ0v) is 13.0. The van der Waals surface area contributed by atoms with E-state index in [9.17, 15) is 4.79 Å². The van der Waals surface area contributed by atoms with Gasteiger partial charge in [0.2, 0.25) is 5.76 Å². The van der Waals surface area contributed by atoms with Gasteiger partial charge in [0.15, 0.2) is 4.67 Å². The number of carbonyl (C=O) groups is 1. The Morgan fingerprint density at radius 3 is 2.79 bits per heavy atom. The molecule has 0 radical (unpaired) electrons. The molecule has 0 aromatic carbocycles. The van der Waals surface area contributed by atoms with Crippen molar-refractivity contribution in [2.24, 2.45) is 5.92 Å². The molecule has 19 heavy (non-hydrogen) atoms. The van der Waals surface area contributed by atoms with Crippen LogP contribution in [0, 0.1) is 5.92 Å². The van der Waals surface area contributed by atoms with E-state index in [0.29, 0.717) is 10.6 Å². The average Bonchev–Trinajstić information content (AvgIpc) is 2.78. The maximum absolute atomic E-state index is 12.0. The van der Waals surface area contributed by atoms with Gasteiger partial charge in [-0.2, -0.15) is 0 Å². The lowest BCUT2D eigenvalue weighted by Gasteiger charge is -2.31. The molecule has 1 fully saturated rings. The number of nitrogens with one attached hydrogen (secondary N) is 1. The number of hydrogen-bond acceptors (Lipinski definition) is 3. The average molecular weight is 331 g/mol. The first-order valence-corrected chi connectivity index (χ1v) is 7.61. The van der Waals surface area contributed by atoms with Crippen molar-refractivity contribution in [3.63, 3.8) is 0 Å². The summed E-state index contributed by atoms with van der Waals surface area (Å²) in [5.74, 6) is 0.380. The molecule has 2 atom stereocenters. The van der Waals surface area contributed by atoms with E-state index in [1.807, 2.05) is 0 Å². The molecule has 5 heteroatoms. The van der Waals surface area contributed by atoms with Crippen molar-refractivity contribution in [1.29, 1.82) is 0 Å². The second-order valence-electron chi connectivity index (χ2n) is 5.50. The fourth-order valence-corrected chi connectivity index (χ4v) is 3.01. The van der Waals surface area contributed by atoms with E-state index < -0.39 is 0 Å². The number of hydrogen-bond donors (Lipinski definition) is 1. The third-order valence-electron chi connectivity index (χ3n) is 3.54. The standard InChI is InChI=1S/C14H20BrNO3/c1-16(2)9-10-5-3-4-6-11(10)19-14(17)12-7-8-13(15)18-12/h7-8,10-11H,3-6,9H2,1-2H3/p+1/t10-,11+/m0/s1. The third-order valence-corrected chi connectivity index (χ3v) is 3.97. The zero-order valence-electron chi connectivity index (χ0n) is 11.4. The van der Waals surface area contributed by atoms with Gasteiger partial charge in [0, 0.05) is 5.92 Å². The van der Waals surface area contributed by atoms with Crippen molar-refractivity contribution in [2.75, 3.05) is 20.6 Å². The van der Waals surface area contributed by atoms with Crippen molar-refractivity contribution in [3.8, 4) is 0 Å². The van der Waals surface area contributed by atoms with Crippen LogP contribution in [0.2, 0.25) is 0 Å². The maximum Gasteiger partial charge on any atom is 0.374 e. The number of ether oxygens (including phenoxy) is 1. The molecule has 1 aliphatic rings. The molecule has 1 saturated carbocycles. The first kappa shape index (κ1) is 14.6. The van der Waals surface area contributed by atoms with Crippen LogP contribution in [0.4, 0.5) is 0 Å². The normalized spacial score (nSPS) is 23.6. The second kappa shape index (κ2) is 6.57. The van der Waals surface area contributed by atoms with Gasteiger partial charge in [-0.25, -0.2) is 4.79 Å². The van der Waals surface area contributed by atoms with E-state index in [0.717, 1.165) is 25.8 Å². The van der Waals surface area contributed by atoms with E-state index in [-0.39, 0.29) is 17.8 Å². The van der Waals surface area contributed by atoms with Gasteiger partial charge in [-0.3, -0.25) is 0 Å². The predicted molar refractivity (Wildman–Crippen MR) is 75.2 cm³/mol. The molecule has 1 heterocycles. The Balaban J connectivity index is 1.97. The Labute approximate surface area is 122 Å².